The molecule has 9 heteroatoms. The SMILES string of the molecule is Cc1cc(C)c(S(=O)(=O)N2CCC(N)CC2)c(C)c1.Cc1ccc(S(=O)(=O)O)cc1. The smallest absolute Gasteiger partial charge is 0.294 e. The highest BCUT2D eigenvalue weighted by Crippen LogP contribution is 2.27. The van der Waals surface area contributed by atoms with Crippen molar-refractivity contribution in [1.82, 2.24) is 4.31 Å². The van der Waals surface area contributed by atoms with E-state index in [1.165, 1.54) is 12.1 Å². The van der Waals surface area contributed by atoms with Gasteiger partial charge in [-0.1, -0.05) is 35.4 Å². The van der Waals surface area contributed by atoms with E-state index in [1.807, 2.05) is 39.8 Å². The standard InChI is InChI=1S/C14H22N2O2S.C7H8O3S/c1-10-8-11(2)14(12(3)9-10)19(17,18)16-6-4-13(15)5-7-16;1-6-2-4-7(5-3-6)11(8,9)10/h8-9,13H,4-7,15H2,1-3H3;2-5H,1H3,(H,8,9,10). The highest BCUT2D eigenvalue weighted by Gasteiger charge is 2.30. The molecule has 1 fully saturated rings. The minimum Gasteiger partial charge on any atom is -0.328 e. The maximum absolute atomic E-state index is 12.7. The molecular weight excluding hydrogens is 424 g/mol. The molecule has 30 heavy (non-hydrogen) atoms. The lowest BCUT2D eigenvalue weighted by Crippen LogP contribution is -2.43. The molecule has 166 valence electrons. The van der Waals surface area contributed by atoms with E-state index in [1.54, 1.807) is 16.4 Å². The van der Waals surface area contributed by atoms with Crippen LogP contribution in [-0.4, -0.2) is 44.8 Å². The number of hydrogen-bond acceptors (Lipinski definition) is 5. The van der Waals surface area contributed by atoms with Crippen LogP contribution in [0.25, 0.3) is 0 Å². The molecule has 0 atom stereocenters. The molecule has 0 unspecified atom stereocenters. The summed E-state index contributed by atoms with van der Waals surface area (Å²) in [7, 11) is -7.41. The molecule has 1 aliphatic heterocycles. The van der Waals surface area contributed by atoms with E-state index >= 15 is 0 Å². The van der Waals surface area contributed by atoms with Crippen molar-refractivity contribution in [3.05, 3.63) is 58.7 Å². The minimum atomic E-state index is -4.02. The zero-order valence-corrected chi connectivity index (χ0v) is 19.4. The van der Waals surface area contributed by atoms with Crippen LogP contribution < -0.4 is 5.73 Å². The number of piperidine rings is 1. The van der Waals surface area contributed by atoms with Gasteiger partial charge in [0.25, 0.3) is 10.1 Å². The molecule has 1 heterocycles. The Hall–Kier alpha value is -1.78. The number of nitrogens with zero attached hydrogens (tertiary/aromatic N) is 1. The predicted octanol–water partition coefficient (Wildman–Crippen LogP) is 2.97. The first-order valence-electron chi connectivity index (χ1n) is 9.70. The molecule has 3 N–H and O–H groups in total. The topological polar surface area (TPSA) is 118 Å². The second-order valence-corrected chi connectivity index (χ2v) is 11.1. The Kier molecular flexibility index (Phi) is 7.81. The number of sulfonamides is 1. The van der Waals surface area contributed by atoms with Crippen molar-refractivity contribution >= 4 is 20.1 Å². The van der Waals surface area contributed by atoms with Crippen LogP contribution in [0.4, 0.5) is 0 Å². The molecule has 2 aromatic rings. The fourth-order valence-electron chi connectivity index (χ4n) is 3.53. The first kappa shape index (κ1) is 24.5. The first-order valence-corrected chi connectivity index (χ1v) is 12.6. The van der Waals surface area contributed by atoms with Gasteiger partial charge >= 0.3 is 0 Å². The molecule has 0 saturated carbocycles. The Labute approximate surface area is 179 Å². The molecule has 0 radical (unpaired) electrons. The van der Waals surface area contributed by atoms with Crippen molar-refractivity contribution in [3.8, 4) is 0 Å². The average molecular weight is 455 g/mol. The molecule has 1 saturated heterocycles. The Bertz CT molecular complexity index is 1060. The molecule has 0 aromatic heterocycles. The third-order valence-electron chi connectivity index (χ3n) is 5.02. The van der Waals surface area contributed by atoms with Gasteiger partial charge in [0.05, 0.1) is 9.79 Å². The van der Waals surface area contributed by atoms with Gasteiger partial charge in [0.1, 0.15) is 0 Å². The van der Waals surface area contributed by atoms with Gasteiger partial charge in [-0.25, -0.2) is 8.42 Å². The van der Waals surface area contributed by atoms with Gasteiger partial charge in [0, 0.05) is 19.1 Å². The third kappa shape index (κ3) is 6.12. The summed E-state index contributed by atoms with van der Waals surface area (Å²) in [5.41, 5.74) is 9.54. The normalized spacial score (nSPS) is 16.1. The van der Waals surface area contributed by atoms with E-state index < -0.39 is 20.1 Å². The predicted molar refractivity (Wildman–Crippen MR) is 118 cm³/mol. The monoisotopic (exact) mass is 454 g/mol. The minimum absolute atomic E-state index is 0.0666. The number of nitrogens with two attached hydrogens (primary N) is 1. The molecule has 0 spiro atoms. The van der Waals surface area contributed by atoms with Gasteiger partial charge in [-0.3, -0.25) is 4.55 Å². The summed E-state index contributed by atoms with van der Waals surface area (Å²) in [5, 5.41) is 0. The largest absolute Gasteiger partial charge is 0.328 e. The van der Waals surface area contributed by atoms with Crippen LogP contribution in [-0.2, 0) is 20.1 Å². The lowest BCUT2D eigenvalue weighted by molar-refractivity contribution is 0.319. The molecule has 2 aromatic carbocycles. The summed E-state index contributed by atoms with van der Waals surface area (Å²) in [4.78, 5) is 0.400. The van der Waals surface area contributed by atoms with Gasteiger partial charge in [0.2, 0.25) is 10.0 Å². The number of rotatable bonds is 3. The van der Waals surface area contributed by atoms with Crippen LogP contribution in [0.15, 0.2) is 46.2 Å². The lowest BCUT2D eigenvalue weighted by atomic mass is 10.1. The molecule has 0 aliphatic carbocycles. The van der Waals surface area contributed by atoms with Gasteiger partial charge in [-0.05, 0) is 63.8 Å². The summed E-state index contributed by atoms with van der Waals surface area (Å²) in [6.45, 7) is 8.60. The summed E-state index contributed by atoms with van der Waals surface area (Å²) in [5.74, 6) is 0. The number of benzene rings is 2. The van der Waals surface area contributed by atoms with Crippen LogP contribution in [0.2, 0.25) is 0 Å². The Morgan fingerprint density at radius 3 is 1.77 bits per heavy atom. The van der Waals surface area contributed by atoms with Crippen molar-refractivity contribution in [2.45, 2.75) is 56.4 Å². The molecule has 7 nitrogen and oxygen atoms in total. The summed E-state index contributed by atoms with van der Waals surface area (Å²) < 4.78 is 56.6. The maximum atomic E-state index is 12.7. The quantitative estimate of drug-likeness (QED) is 0.689. The zero-order valence-electron chi connectivity index (χ0n) is 17.8. The number of aryl methyl sites for hydroxylation is 4. The average Bonchev–Trinajstić information content (AvgIpc) is 2.61. The van der Waals surface area contributed by atoms with E-state index in [2.05, 4.69) is 0 Å². The first-order chi connectivity index (χ1) is 13.8. The Morgan fingerprint density at radius 2 is 1.33 bits per heavy atom. The summed E-state index contributed by atoms with van der Waals surface area (Å²) >= 11 is 0. The van der Waals surface area contributed by atoms with E-state index in [4.69, 9.17) is 10.3 Å². The van der Waals surface area contributed by atoms with Gasteiger partial charge < -0.3 is 5.73 Å². The van der Waals surface area contributed by atoms with Crippen LogP contribution in [0.5, 0.6) is 0 Å². The highest BCUT2D eigenvalue weighted by atomic mass is 32.2. The number of hydrogen-bond donors (Lipinski definition) is 2. The van der Waals surface area contributed by atoms with Gasteiger partial charge in [-0.2, -0.15) is 12.7 Å². The Balaban J connectivity index is 0.000000248. The third-order valence-corrected chi connectivity index (χ3v) is 8.09. The maximum Gasteiger partial charge on any atom is 0.294 e. The Morgan fingerprint density at radius 1 is 0.867 bits per heavy atom. The zero-order chi connectivity index (χ0) is 22.7. The second-order valence-electron chi connectivity index (χ2n) is 7.76. The van der Waals surface area contributed by atoms with Gasteiger partial charge in [-0.15, -0.1) is 0 Å². The van der Waals surface area contributed by atoms with E-state index in [-0.39, 0.29) is 10.9 Å². The van der Waals surface area contributed by atoms with Gasteiger partial charge in [0.15, 0.2) is 0 Å². The fraction of sp³-hybridized carbons (Fsp3) is 0.429. The summed E-state index contributed by atoms with van der Waals surface area (Å²) in [6.07, 6.45) is 1.48. The van der Waals surface area contributed by atoms with Crippen molar-refractivity contribution in [2.75, 3.05) is 13.1 Å². The summed E-state index contributed by atoms with van der Waals surface area (Å²) in [6, 6.07) is 9.97. The van der Waals surface area contributed by atoms with Crippen LogP contribution in [0.1, 0.15) is 35.1 Å². The lowest BCUT2D eigenvalue weighted by Gasteiger charge is -2.30. The molecular formula is C21H30N2O5S2. The van der Waals surface area contributed by atoms with E-state index in [0.717, 1.165) is 35.1 Å². The van der Waals surface area contributed by atoms with E-state index in [0.29, 0.717) is 18.0 Å². The highest BCUT2D eigenvalue weighted by molar-refractivity contribution is 7.89. The molecule has 3 rings (SSSR count). The van der Waals surface area contributed by atoms with Crippen LogP contribution in [0, 0.1) is 27.7 Å². The van der Waals surface area contributed by atoms with E-state index in [9.17, 15) is 16.8 Å². The van der Waals surface area contributed by atoms with Crippen molar-refractivity contribution in [2.24, 2.45) is 5.73 Å². The molecule has 0 amide bonds. The van der Waals surface area contributed by atoms with Crippen molar-refractivity contribution < 1.29 is 21.4 Å². The van der Waals surface area contributed by atoms with Crippen LogP contribution >= 0.6 is 0 Å². The molecule has 0 bridgehead atoms. The fourth-order valence-corrected chi connectivity index (χ4v) is 5.89. The van der Waals surface area contributed by atoms with Crippen molar-refractivity contribution in [3.63, 3.8) is 0 Å². The van der Waals surface area contributed by atoms with Crippen molar-refractivity contribution in [1.29, 1.82) is 0 Å². The molecule has 1 aliphatic rings. The second kappa shape index (κ2) is 9.57. The van der Waals surface area contributed by atoms with Crippen LogP contribution in [0.3, 0.4) is 0 Å².